The summed E-state index contributed by atoms with van der Waals surface area (Å²) in [5.41, 5.74) is 6.13. The molecule has 0 aliphatic carbocycles. The molecule has 0 spiro atoms. The van der Waals surface area contributed by atoms with E-state index in [0.717, 1.165) is 19.3 Å². The van der Waals surface area contributed by atoms with Crippen molar-refractivity contribution in [1.29, 1.82) is 0 Å². The Bertz CT molecular complexity index is 314. The SMILES string of the molecule is CCCCCC(=O)Nc1ccc(N)nc1.Cl. The van der Waals surface area contributed by atoms with Gasteiger partial charge in [0, 0.05) is 6.42 Å². The number of nitrogens with one attached hydrogen (secondary N) is 1. The zero-order valence-corrected chi connectivity index (χ0v) is 10.2. The van der Waals surface area contributed by atoms with E-state index in [9.17, 15) is 4.79 Å². The van der Waals surface area contributed by atoms with Crippen LogP contribution in [0, 0.1) is 0 Å². The monoisotopic (exact) mass is 243 g/mol. The van der Waals surface area contributed by atoms with Gasteiger partial charge in [-0.2, -0.15) is 0 Å². The van der Waals surface area contributed by atoms with Crippen molar-refractivity contribution in [3.05, 3.63) is 18.3 Å². The molecule has 0 aliphatic rings. The molecule has 0 saturated heterocycles. The van der Waals surface area contributed by atoms with Gasteiger partial charge in [0.25, 0.3) is 0 Å². The second-order valence-corrected chi connectivity index (χ2v) is 3.48. The third-order valence-corrected chi connectivity index (χ3v) is 2.08. The van der Waals surface area contributed by atoms with Gasteiger partial charge in [0.15, 0.2) is 0 Å². The molecule has 0 atom stereocenters. The van der Waals surface area contributed by atoms with Crippen LogP contribution in [0.15, 0.2) is 18.3 Å². The minimum atomic E-state index is 0. The molecule has 3 N–H and O–H groups in total. The van der Waals surface area contributed by atoms with Gasteiger partial charge in [-0.3, -0.25) is 4.79 Å². The van der Waals surface area contributed by atoms with E-state index in [0.29, 0.717) is 17.9 Å². The van der Waals surface area contributed by atoms with Gasteiger partial charge in [-0.15, -0.1) is 12.4 Å². The first kappa shape index (κ1) is 14.7. The second-order valence-electron chi connectivity index (χ2n) is 3.48. The average molecular weight is 244 g/mol. The van der Waals surface area contributed by atoms with Gasteiger partial charge in [0.05, 0.1) is 11.9 Å². The highest BCUT2D eigenvalue weighted by molar-refractivity contribution is 5.90. The highest BCUT2D eigenvalue weighted by Crippen LogP contribution is 2.08. The van der Waals surface area contributed by atoms with Crippen molar-refractivity contribution >= 4 is 29.8 Å². The molecule has 0 saturated carbocycles. The molecular weight excluding hydrogens is 226 g/mol. The molecule has 1 rings (SSSR count). The van der Waals surface area contributed by atoms with Gasteiger partial charge >= 0.3 is 0 Å². The van der Waals surface area contributed by atoms with Crippen molar-refractivity contribution in [2.24, 2.45) is 0 Å². The lowest BCUT2D eigenvalue weighted by Gasteiger charge is -2.04. The highest BCUT2D eigenvalue weighted by atomic mass is 35.5. The Morgan fingerprint density at radius 3 is 2.75 bits per heavy atom. The number of carbonyl (C=O) groups is 1. The summed E-state index contributed by atoms with van der Waals surface area (Å²) in [4.78, 5) is 15.3. The van der Waals surface area contributed by atoms with Gasteiger partial charge < -0.3 is 11.1 Å². The summed E-state index contributed by atoms with van der Waals surface area (Å²) < 4.78 is 0. The first-order valence-corrected chi connectivity index (χ1v) is 5.23. The van der Waals surface area contributed by atoms with Gasteiger partial charge in [-0.25, -0.2) is 4.98 Å². The van der Waals surface area contributed by atoms with E-state index in [1.54, 1.807) is 18.3 Å². The highest BCUT2D eigenvalue weighted by Gasteiger charge is 2.01. The Kier molecular flexibility index (Phi) is 7.29. The maximum Gasteiger partial charge on any atom is 0.224 e. The Labute approximate surface area is 102 Å². The number of halogens is 1. The van der Waals surface area contributed by atoms with E-state index in [2.05, 4.69) is 17.2 Å². The largest absolute Gasteiger partial charge is 0.384 e. The van der Waals surface area contributed by atoms with Crippen LogP contribution in [0.3, 0.4) is 0 Å². The van der Waals surface area contributed by atoms with Crippen molar-refractivity contribution in [3.63, 3.8) is 0 Å². The van der Waals surface area contributed by atoms with Crippen LogP contribution in [-0.2, 0) is 4.79 Å². The number of aromatic nitrogens is 1. The summed E-state index contributed by atoms with van der Waals surface area (Å²) in [5, 5.41) is 2.77. The molecular formula is C11H18ClN3O. The van der Waals surface area contributed by atoms with Crippen LogP contribution in [0.1, 0.15) is 32.6 Å². The van der Waals surface area contributed by atoms with E-state index in [1.165, 1.54) is 0 Å². The van der Waals surface area contributed by atoms with Crippen molar-refractivity contribution < 1.29 is 4.79 Å². The predicted molar refractivity (Wildman–Crippen MR) is 68.7 cm³/mol. The molecule has 0 radical (unpaired) electrons. The number of anilines is 2. The van der Waals surface area contributed by atoms with E-state index < -0.39 is 0 Å². The fourth-order valence-corrected chi connectivity index (χ4v) is 1.24. The Morgan fingerprint density at radius 2 is 2.19 bits per heavy atom. The van der Waals surface area contributed by atoms with Crippen LogP contribution < -0.4 is 11.1 Å². The number of amides is 1. The van der Waals surface area contributed by atoms with Gasteiger partial charge in [-0.05, 0) is 18.6 Å². The molecule has 0 bridgehead atoms. The van der Waals surface area contributed by atoms with Crippen molar-refractivity contribution in [2.75, 3.05) is 11.1 Å². The summed E-state index contributed by atoms with van der Waals surface area (Å²) in [6.45, 7) is 2.11. The van der Waals surface area contributed by atoms with Gasteiger partial charge in [0.2, 0.25) is 5.91 Å². The summed E-state index contributed by atoms with van der Waals surface area (Å²) in [7, 11) is 0. The third-order valence-electron chi connectivity index (χ3n) is 2.08. The molecule has 1 aromatic rings. The topological polar surface area (TPSA) is 68.0 Å². The molecule has 4 nitrogen and oxygen atoms in total. The van der Waals surface area contributed by atoms with Crippen LogP contribution in [0.25, 0.3) is 0 Å². The molecule has 1 amide bonds. The van der Waals surface area contributed by atoms with E-state index in [1.807, 2.05) is 0 Å². The summed E-state index contributed by atoms with van der Waals surface area (Å²) >= 11 is 0. The number of nitrogens with two attached hydrogens (primary N) is 1. The van der Waals surface area contributed by atoms with E-state index in [-0.39, 0.29) is 18.3 Å². The molecule has 90 valence electrons. The van der Waals surface area contributed by atoms with Crippen LogP contribution in [-0.4, -0.2) is 10.9 Å². The zero-order valence-electron chi connectivity index (χ0n) is 9.40. The van der Waals surface area contributed by atoms with E-state index in [4.69, 9.17) is 5.73 Å². The maximum atomic E-state index is 11.4. The number of nitrogen functional groups attached to an aromatic ring is 1. The molecule has 1 heterocycles. The molecule has 1 aromatic heterocycles. The lowest BCUT2D eigenvalue weighted by atomic mass is 10.2. The number of unbranched alkanes of at least 4 members (excludes halogenated alkanes) is 2. The quantitative estimate of drug-likeness (QED) is 0.781. The lowest BCUT2D eigenvalue weighted by molar-refractivity contribution is -0.116. The smallest absolute Gasteiger partial charge is 0.224 e. The second kappa shape index (κ2) is 7.93. The normalized spacial score (nSPS) is 9.31. The average Bonchev–Trinajstić information content (AvgIpc) is 2.22. The van der Waals surface area contributed by atoms with E-state index >= 15 is 0 Å². The Balaban J connectivity index is 0.00000225. The first-order chi connectivity index (χ1) is 7.22. The van der Waals surface area contributed by atoms with Crippen LogP contribution in [0.4, 0.5) is 11.5 Å². The fourth-order valence-electron chi connectivity index (χ4n) is 1.24. The lowest BCUT2D eigenvalue weighted by Crippen LogP contribution is -2.11. The number of pyridine rings is 1. The molecule has 0 aliphatic heterocycles. The summed E-state index contributed by atoms with van der Waals surface area (Å²) in [5.74, 6) is 0.494. The Morgan fingerprint density at radius 1 is 1.44 bits per heavy atom. The number of rotatable bonds is 5. The maximum absolute atomic E-state index is 11.4. The fraction of sp³-hybridized carbons (Fsp3) is 0.455. The molecule has 0 fully saturated rings. The Hall–Kier alpha value is -1.29. The molecule has 5 heteroatoms. The summed E-state index contributed by atoms with van der Waals surface area (Å²) in [6.07, 6.45) is 5.28. The third kappa shape index (κ3) is 5.56. The standard InChI is InChI=1S/C11H17N3O.ClH/c1-2-3-4-5-11(15)14-9-6-7-10(12)13-8-9;/h6-8H,2-5H2,1H3,(H2,12,13)(H,14,15);1H. The summed E-state index contributed by atoms with van der Waals surface area (Å²) in [6, 6.07) is 3.42. The molecule has 16 heavy (non-hydrogen) atoms. The number of hydrogen-bond acceptors (Lipinski definition) is 3. The zero-order chi connectivity index (χ0) is 11.1. The van der Waals surface area contributed by atoms with Crippen molar-refractivity contribution in [3.8, 4) is 0 Å². The number of carbonyl (C=O) groups excluding carboxylic acids is 1. The van der Waals surface area contributed by atoms with Crippen molar-refractivity contribution in [2.45, 2.75) is 32.6 Å². The number of hydrogen-bond donors (Lipinski definition) is 2. The van der Waals surface area contributed by atoms with Crippen molar-refractivity contribution in [1.82, 2.24) is 4.98 Å². The molecule has 0 unspecified atom stereocenters. The molecule has 0 aromatic carbocycles. The predicted octanol–water partition coefficient (Wildman–Crippen LogP) is 2.60. The van der Waals surface area contributed by atoms with Gasteiger partial charge in [0.1, 0.15) is 5.82 Å². The minimum Gasteiger partial charge on any atom is -0.384 e. The van der Waals surface area contributed by atoms with Crippen LogP contribution >= 0.6 is 12.4 Å². The minimum absolute atomic E-state index is 0. The van der Waals surface area contributed by atoms with Crippen LogP contribution in [0.2, 0.25) is 0 Å². The number of nitrogens with zero attached hydrogens (tertiary/aromatic N) is 1. The first-order valence-electron chi connectivity index (χ1n) is 5.23. The van der Waals surface area contributed by atoms with Gasteiger partial charge in [-0.1, -0.05) is 19.8 Å². The van der Waals surface area contributed by atoms with Crippen LogP contribution in [0.5, 0.6) is 0 Å².